The van der Waals surface area contributed by atoms with E-state index in [1.807, 2.05) is 0 Å². The number of carbonyl (C=O) groups is 1. The van der Waals surface area contributed by atoms with Crippen LogP contribution >= 0.6 is 0 Å². The molecular weight excluding hydrogens is 206 g/mol. The molecule has 0 spiro atoms. The van der Waals surface area contributed by atoms with Crippen LogP contribution in [0, 0.1) is 6.92 Å². The maximum absolute atomic E-state index is 12.1. The van der Waals surface area contributed by atoms with Crippen molar-refractivity contribution in [2.45, 2.75) is 26.8 Å². The van der Waals surface area contributed by atoms with Crippen LogP contribution in [-0.4, -0.2) is 28.6 Å². The molecule has 0 N–H and O–H groups in total. The molecule has 0 aromatic carbocycles. The van der Waals surface area contributed by atoms with Crippen molar-refractivity contribution < 1.29 is 18.3 Å². The third-order valence-electron chi connectivity index (χ3n) is 1.80. The summed E-state index contributed by atoms with van der Waals surface area (Å²) < 4.78 is 30.1. The van der Waals surface area contributed by atoms with Crippen molar-refractivity contribution in [2.75, 3.05) is 6.61 Å². The molecule has 0 unspecified atom stereocenters. The summed E-state index contributed by atoms with van der Waals surface area (Å²) in [5, 5.41) is 0. The number of carbonyl (C=O) groups excluding carboxylic acids is 1. The van der Waals surface area contributed by atoms with E-state index in [4.69, 9.17) is 4.74 Å². The first-order valence-corrected chi connectivity index (χ1v) is 4.53. The normalized spacial score (nSPS) is 10.7. The van der Waals surface area contributed by atoms with E-state index in [-0.39, 0.29) is 12.3 Å². The first-order valence-electron chi connectivity index (χ1n) is 4.53. The highest BCUT2D eigenvalue weighted by Gasteiger charge is 2.14. The number of hydrogen-bond acceptors (Lipinski definition) is 3. The maximum Gasteiger partial charge on any atom is 0.358 e. The number of aromatic nitrogens is 2. The molecule has 0 aliphatic carbocycles. The number of imidazole rings is 1. The lowest BCUT2D eigenvalue weighted by Crippen LogP contribution is -2.07. The van der Waals surface area contributed by atoms with E-state index in [2.05, 4.69) is 4.98 Å². The van der Waals surface area contributed by atoms with Gasteiger partial charge in [0.25, 0.3) is 6.43 Å². The molecule has 0 amide bonds. The molecule has 0 saturated carbocycles. The van der Waals surface area contributed by atoms with Gasteiger partial charge >= 0.3 is 5.97 Å². The standard InChI is InChI=1S/C9H12F2N2O2/c1-3-15-9(14)7-4-13(5-8(10)11)6(2)12-7/h4,8H,3,5H2,1-2H3. The predicted octanol–water partition coefficient (Wildman–Crippen LogP) is 1.63. The number of esters is 1. The van der Waals surface area contributed by atoms with E-state index in [0.29, 0.717) is 5.82 Å². The number of aryl methyl sites for hydroxylation is 1. The Morgan fingerprint density at radius 1 is 1.67 bits per heavy atom. The van der Waals surface area contributed by atoms with Crippen LogP contribution in [0.3, 0.4) is 0 Å². The van der Waals surface area contributed by atoms with Gasteiger partial charge in [-0.25, -0.2) is 18.6 Å². The first kappa shape index (κ1) is 11.6. The molecule has 1 heterocycles. The number of ether oxygens (including phenoxy) is 1. The second-order valence-electron chi connectivity index (χ2n) is 2.94. The summed E-state index contributed by atoms with van der Waals surface area (Å²) in [5.74, 6) is -0.216. The minimum atomic E-state index is -2.46. The van der Waals surface area contributed by atoms with Crippen molar-refractivity contribution in [1.82, 2.24) is 9.55 Å². The van der Waals surface area contributed by atoms with Crippen LogP contribution in [0.1, 0.15) is 23.2 Å². The van der Waals surface area contributed by atoms with Gasteiger partial charge in [-0.3, -0.25) is 0 Å². The van der Waals surface area contributed by atoms with Gasteiger partial charge in [-0.05, 0) is 13.8 Å². The second-order valence-corrected chi connectivity index (χ2v) is 2.94. The van der Waals surface area contributed by atoms with Crippen LogP contribution in [0.25, 0.3) is 0 Å². The van der Waals surface area contributed by atoms with Gasteiger partial charge in [-0.1, -0.05) is 0 Å². The fraction of sp³-hybridized carbons (Fsp3) is 0.556. The van der Waals surface area contributed by atoms with Crippen LogP contribution in [-0.2, 0) is 11.3 Å². The van der Waals surface area contributed by atoms with Gasteiger partial charge in [-0.2, -0.15) is 0 Å². The van der Waals surface area contributed by atoms with Crippen LogP contribution < -0.4 is 0 Å². The lowest BCUT2D eigenvalue weighted by molar-refractivity contribution is 0.0519. The Balaban J connectivity index is 2.80. The fourth-order valence-corrected chi connectivity index (χ4v) is 1.15. The Morgan fingerprint density at radius 3 is 2.87 bits per heavy atom. The summed E-state index contributed by atoms with van der Waals surface area (Å²) in [6, 6.07) is 0. The number of nitrogens with zero attached hydrogens (tertiary/aromatic N) is 2. The highest BCUT2D eigenvalue weighted by molar-refractivity contribution is 5.87. The second kappa shape index (κ2) is 4.86. The molecule has 0 aliphatic rings. The molecule has 1 aromatic rings. The van der Waals surface area contributed by atoms with Crippen molar-refractivity contribution in [3.8, 4) is 0 Å². The minimum absolute atomic E-state index is 0.0648. The summed E-state index contributed by atoms with van der Waals surface area (Å²) in [5.41, 5.74) is 0.0648. The van der Waals surface area contributed by atoms with Gasteiger partial charge in [0.1, 0.15) is 5.82 Å². The molecule has 6 heteroatoms. The summed E-state index contributed by atoms with van der Waals surface area (Å²) in [6.45, 7) is 3.00. The molecule has 0 atom stereocenters. The molecule has 1 aromatic heterocycles. The van der Waals surface area contributed by atoms with Crippen LogP contribution in [0.4, 0.5) is 8.78 Å². The molecular formula is C9H12F2N2O2. The zero-order valence-electron chi connectivity index (χ0n) is 8.54. The molecule has 1 rings (SSSR count). The molecule has 84 valence electrons. The molecule has 0 saturated heterocycles. The van der Waals surface area contributed by atoms with Gasteiger partial charge in [0, 0.05) is 6.20 Å². The summed E-state index contributed by atoms with van der Waals surface area (Å²) >= 11 is 0. The third kappa shape index (κ3) is 3.00. The van der Waals surface area contributed by atoms with E-state index in [1.165, 1.54) is 10.8 Å². The zero-order chi connectivity index (χ0) is 11.4. The van der Waals surface area contributed by atoms with E-state index < -0.39 is 18.9 Å². The Labute approximate surface area is 85.9 Å². The van der Waals surface area contributed by atoms with Crippen molar-refractivity contribution in [2.24, 2.45) is 0 Å². The highest BCUT2D eigenvalue weighted by atomic mass is 19.3. The zero-order valence-corrected chi connectivity index (χ0v) is 8.54. The molecule has 15 heavy (non-hydrogen) atoms. The molecule has 0 fully saturated rings. The third-order valence-corrected chi connectivity index (χ3v) is 1.80. The van der Waals surface area contributed by atoms with Crippen molar-refractivity contribution in [3.63, 3.8) is 0 Å². The topological polar surface area (TPSA) is 44.1 Å². The summed E-state index contributed by atoms with van der Waals surface area (Å²) in [6.07, 6.45) is -1.19. The Hall–Kier alpha value is -1.46. The Morgan fingerprint density at radius 2 is 2.33 bits per heavy atom. The molecule has 4 nitrogen and oxygen atoms in total. The monoisotopic (exact) mass is 218 g/mol. The number of alkyl halides is 2. The quantitative estimate of drug-likeness (QED) is 0.721. The Bertz CT molecular complexity index is 350. The number of halogens is 2. The highest BCUT2D eigenvalue weighted by Crippen LogP contribution is 2.07. The lowest BCUT2D eigenvalue weighted by atomic mass is 10.5. The summed E-state index contributed by atoms with van der Waals surface area (Å²) in [7, 11) is 0. The SMILES string of the molecule is CCOC(=O)c1cn(CC(F)F)c(C)n1. The van der Waals surface area contributed by atoms with Crippen molar-refractivity contribution >= 4 is 5.97 Å². The number of hydrogen-bond donors (Lipinski definition) is 0. The van der Waals surface area contributed by atoms with E-state index >= 15 is 0 Å². The minimum Gasteiger partial charge on any atom is -0.461 e. The van der Waals surface area contributed by atoms with E-state index in [9.17, 15) is 13.6 Å². The van der Waals surface area contributed by atoms with Gasteiger partial charge in [0.05, 0.1) is 13.2 Å². The summed E-state index contributed by atoms with van der Waals surface area (Å²) in [4.78, 5) is 15.0. The molecule has 0 bridgehead atoms. The van der Waals surface area contributed by atoms with Crippen molar-refractivity contribution in [1.29, 1.82) is 0 Å². The van der Waals surface area contributed by atoms with Gasteiger partial charge in [-0.15, -0.1) is 0 Å². The largest absolute Gasteiger partial charge is 0.461 e. The fourth-order valence-electron chi connectivity index (χ4n) is 1.15. The van der Waals surface area contributed by atoms with Gasteiger partial charge < -0.3 is 9.30 Å². The van der Waals surface area contributed by atoms with E-state index in [0.717, 1.165) is 0 Å². The first-order chi connectivity index (χ1) is 7.04. The van der Waals surface area contributed by atoms with Crippen LogP contribution in [0.2, 0.25) is 0 Å². The van der Waals surface area contributed by atoms with Crippen LogP contribution in [0.5, 0.6) is 0 Å². The van der Waals surface area contributed by atoms with Crippen LogP contribution in [0.15, 0.2) is 6.20 Å². The van der Waals surface area contributed by atoms with Gasteiger partial charge in [0.2, 0.25) is 0 Å². The smallest absolute Gasteiger partial charge is 0.358 e. The number of rotatable bonds is 4. The predicted molar refractivity (Wildman–Crippen MR) is 48.9 cm³/mol. The average Bonchev–Trinajstić information content (AvgIpc) is 2.47. The molecule has 0 radical (unpaired) electrons. The van der Waals surface area contributed by atoms with Crippen molar-refractivity contribution in [3.05, 3.63) is 17.7 Å². The van der Waals surface area contributed by atoms with E-state index in [1.54, 1.807) is 13.8 Å². The lowest BCUT2D eigenvalue weighted by Gasteiger charge is -2.01. The molecule has 0 aliphatic heterocycles. The Kier molecular flexibility index (Phi) is 3.76. The maximum atomic E-state index is 12.1. The average molecular weight is 218 g/mol. The van der Waals surface area contributed by atoms with Gasteiger partial charge in [0.15, 0.2) is 5.69 Å².